The Balaban J connectivity index is 1.93. The lowest BCUT2D eigenvalue weighted by Crippen LogP contribution is -2.13. The molecule has 1 aromatic carbocycles. The second-order valence-electron chi connectivity index (χ2n) is 4.54. The number of carbonyl (C=O) groups excluding carboxylic acids is 1. The van der Waals surface area contributed by atoms with Gasteiger partial charge in [0.05, 0.1) is 17.8 Å². The molecule has 0 unspecified atom stereocenters. The molecule has 1 aromatic heterocycles. The molecule has 0 saturated heterocycles. The van der Waals surface area contributed by atoms with E-state index in [1.165, 1.54) is 6.39 Å². The second-order valence-corrected chi connectivity index (χ2v) is 4.54. The lowest BCUT2D eigenvalue weighted by molar-refractivity contribution is -0.117. The van der Waals surface area contributed by atoms with Crippen molar-refractivity contribution in [2.75, 3.05) is 5.32 Å². The van der Waals surface area contributed by atoms with Gasteiger partial charge < -0.3 is 9.73 Å². The van der Waals surface area contributed by atoms with E-state index in [-0.39, 0.29) is 11.8 Å². The van der Waals surface area contributed by atoms with Crippen LogP contribution in [0.4, 0.5) is 5.69 Å². The molecule has 5 nitrogen and oxygen atoms in total. The van der Waals surface area contributed by atoms with E-state index in [0.717, 1.165) is 18.4 Å². The minimum atomic E-state index is 0.0126. The highest BCUT2D eigenvalue weighted by molar-refractivity contribution is 5.94. The largest absolute Gasteiger partial charge is 0.444 e. The van der Waals surface area contributed by atoms with Crippen LogP contribution < -0.4 is 5.32 Å². The lowest BCUT2D eigenvalue weighted by atomic mass is 10.1. The number of aromatic nitrogens is 1. The van der Waals surface area contributed by atoms with Crippen LogP contribution in [0.25, 0.3) is 11.3 Å². The average Bonchev–Trinajstić information content (AvgIpc) is 3.13. The Bertz CT molecular complexity index is 652. The van der Waals surface area contributed by atoms with Gasteiger partial charge >= 0.3 is 0 Å². The lowest BCUT2D eigenvalue weighted by Gasteiger charge is -2.06. The normalized spacial score (nSPS) is 13.8. The molecule has 19 heavy (non-hydrogen) atoms. The Morgan fingerprint density at radius 3 is 2.89 bits per heavy atom. The van der Waals surface area contributed by atoms with Crippen LogP contribution in [0.15, 0.2) is 35.2 Å². The number of amides is 1. The third-order valence-corrected chi connectivity index (χ3v) is 2.99. The number of hydrogen-bond donors (Lipinski definition) is 1. The zero-order chi connectivity index (χ0) is 13.2. The van der Waals surface area contributed by atoms with Crippen LogP contribution >= 0.6 is 0 Å². The first-order chi connectivity index (χ1) is 9.26. The fourth-order valence-electron chi connectivity index (χ4n) is 1.85. The Morgan fingerprint density at radius 2 is 2.26 bits per heavy atom. The van der Waals surface area contributed by atoms with Crippen LogP contribution in [0.5, 0.6) is 0 Å². The van der Waals surface area contributed by atoms with Crippen molar-refractivity contribution >= 4 is 11.6 Å². The molecular weight excluding hydrogens is 242 g/mol. The van der Waals surface area contributed by atoms with Crippen LogP contribution in [-0.4, -0.2) is 10.9 Å². The Morgan fingerprint density at radius 1 is 1.42 bits per heavy atom. The van der Waals surface area contributed by atoms with Crippen molar-refractivity contribution in [3.05, 3.63) is 36.4 Å². The van der Waals surface area contributed by atoms with Gasteiger partial charge in [-0.25, -0.2) is 4.98 Å². The molecule has 1 saturated carbocycles. The molecule has 1 N–H and O–H groups in total. The summed E-state index contributed by atoms with van der Waals surface area (Å²) in [6, 6.07) is 7.21. The molecule has 3 rings (SSSR count). The summed E-state index contributed by atoms with van der Waals surface area (Å²) in [7, 11) is 0. The average molecular weight is 253 g/mol. The Kier molecular flexibility index (Phi) is 2.76. The third kappa shape index (κ3) is 2.47. The van der Waals surface area contributed by atoms with E-state index in [1.807, 2.05) is 0 Å². The fraction of sp³-hybridized carbons (Fsp3) is 0.214. The van der Waals surface area contributed by atoms with Crippen LogP contribution in [0.3, 0.4) is 0 Å². The van der Waals surface area contributed by atoms with E-state index in [2.05, 4.69) is 16.4 Å². The monoisotopic (exact) mass is 253 g/mol. The molecular formula is C14H11N3O2. The number of oxazole rings is 1. The summed E-state index contributed by atoms with van der Waals surface area (Å²) in [5.41, 5.74) is 1.81. The van der Waals surface area contributed by atoms with Crippen molar-refractivity contribution in [2.24, 2.45) is 5.92 Å². The van der Waals surface area contributed by atoms with Gasteiger partial charge in [0.2, 0.25) is 5.91 Å². The molecule has 1 heterocycles. The molecule has 1 aliphatic carbocycles. The third-order valence-electron chi connectivity index (χ3n) is 2.99. The fourth-order valence-corrected chi connectivity index (χ4v) is 1.85. The van der Waals surface area contributed by atoms with E-state index >= 15 is 0 Å². The standard InChI is InChI=1S/C14H11N3O2/c15-6-9-3-11(13-7-16-8-19-13)5-12(4-9)17-14(18)10-1-2-10/h3-5,7-8,10H,1-2H2,(H,17,18). The Labute approximate surface area is 109 Å². The van der Waals surface area contributed by atoms with Gasteiger partial charge in [-0.05, 0) is 31.0 Å². The first-order valence-corrected chi connectivity index (χ1v) is 6.01. The second kappa shape index (κ2) is 4.58. The van der Waals surface area contributed by atoms with Gasteiger partial charge in [0.25, 0.3) is 0 Å². The van der Waals surface area contributed by atoms with Gasteiger partial charge in [0.1, 0.15) is 0 Å². The van der Waals surface area contributed by atoms with Crippen molar-refractivity contribution in [3.63, 3.8) is 0 Å². The first kappa shape index (κ1) is 11.5. The van der Waals surface area contributed by atoms with E-state index in [0.29, 0.717) is 17.0 Å². The minimum Gasteiger partial charge on any atom is -0.444 e. The van der Waals surface area contributed by atoms with Crippen molar-refractivity contribution in [1.82, 2.24) is 4.98 Å². The number of benzene rings is 1. The molecule has 2 aromatic rings. The van der Waals surface area contributed by atoms with Crippen molar-refractivity contribution in [2.45, 2.75) is 12.8 Å². The van der Waals surface area contributed by atoms with Crippen LogP contribution in [0.2, 0.25) is 0 Å². The smallest absolute Gasteiger partial charge is 0.227 e. The number of hydrogen-bond acceptors (Lipinski definition) is 4. The quantitative estimate of drug-likeness (QED) is 0.911. The van der Waals surface area contributed by atoms with Crippen molar-refractivity contribution in [3.8, 4) is 17.4 Å². The highest BCUT2D eigenvalue weighted by Gasteiger charge is 2.29. The number of nitrogens with zero attached hydrogens (tertiary/aromatic N) is 2. The zero-order valence-electron chi connectivity index (χ0n) is 10.1. The summed E-state index contributed by atoms with van der Waals surface area (Å²) in [6.45, 7) is 0. The summed E-state index contributed by atoms with van der Waals surface area (Å²) >= 11 is 0. The molecule has 0 aliphatic heterocycles. The minimum absolute atomic E-state index is 0.0126. The van der Waals surface area contributed by atoms with Crippen LogP contribution in [0.1, 0.15) is 18.4 Å². The maximum Gasteiger partial charge on any atom is 0.227 e. The molecule has 5 heteroatoms. The molecule has 1 aliphatic rings. The highest BCUT2D eigenvalue weighted by Crippen LogP contribution is 2.31. The van der Waals surface area contributed by atoms with Crippen LogP contribution in [0, 0.1) is 17.2 Å². The van der Waals surface area contributed by atoms with Gasteiger partial charge in [-0.3, -0.25) is 4.79 Å². The highest BCUT2D eigenvalue weighted by atomic mass is 16.3. The molecule has 1 fully saturated rings. The van der Waals surface area contributed by atoms with Crippen molar-refractivity contribution < 1.29 is 9.21 Å². The predicted octanol–water partition coefficient (Wildman–Crippen LogP) is 2.56. The maximum atomic E-state index is 11.7. The van der Waals surface area contributed by atoms with Gasteiger partial charge in [0, 0.05) is 17.2 Å². The SMILES string of the molecule is N#Cc1cc(NC(=O)C2CC2)cc(-c2cnco2)c1. The van der Waals surface area contributed by atoms with E-state index in [1.54, 1.807) is 24.4 Å². The zero-order valence-corrected chi connectivity index (χ0v) is 10.1. The molecule has 1 amide bonds. The molecule has 0 atom stereocenters. The van der Waals surface area contributed by atoms with Gasteiger partial charge in [-0.15, -0.1) is 0 Å². The molecule has 94 valence electrons. The summed E-state index contributed by atoms with van der Waals surface area (Å²) in [5.74, 6) is 0.706. The molecule has 0 spiro atoms. The summed E-state index contributed by atoms with van der Waals surface area (Å²) in [5, 5.41) is 11.9. The van der Waals surface area contributed by atoms with Gasteiger partial charge in [-0.2, -0.15) is 5.26 Å². The number of rotatable bonds is 3. The maximum absolute atomic E-state index is 11.7. The van der Waals surface area contributed by atoms with E-state index < -0.39 is 0 Å². The van der Waals surface area contributed by atoms with E-state index in [9.17, 15) is 4.79 Å². The number of anilines is 1. The number of carbonyl (C=O) groups is 1. The van der Waals surface area contributed by atoms with Crippen molar-refractivity contribution in [1.29, 1.82) is 5.26 Å². The topological polar surface area (TPSA) is 78.9 Å². The molecule has 0 bridgehead atoms. The van der Waals surface area contributed by atoms with Gasteiger partial charge in [-0.1, -0.05) is 0 Å². The molecule has 0 radical (unpaired) electrons. The number of nitriles is 1. The summed E-state index contributed by atoms with van der Waals surface area (Å²) < 4.78 is 5.21. The van der Waals surface area contributed by atoms with Gasteiger partial charge in [0.15, 0.2) is 12.2 Å². The first-order valence-electron chi connectivity index (χ1n) is 6.01. The summed E-state index contributed by atoms with van der Waals surface area (Å²) in [4.78, 5) is 15.6. The Hall–Kier alpha value is -2.61. The summed E-state index contributed by atoms with van der Waals surface area (Å²) in [6.07, 6.45) is 4.79. The van der Waals surface area contributed by atoms with Crippen LogP contribution in [-0.2, 0) is 4.79 Å². The number of nitrogens with one attached hydrogen (secondary N) is 1. The van der Waals surface area contributed by atoms with E-state index in [4.69, 9.17) is 9.68 Å². The predicted molar refractivity (Wildman–Crippen MR) is 68.0 cm³/mol.